The SMILES string of the molecule is Oc1ccc(CNC2CC3CCC2O3)nc1. The zero-order chi connectivity index (χ0) is 11.0. The molecule has 0 saturated carbocycles. The standard InChI is InChI=1S/C12H16N2O2/c15-9-2-1-8(13-7-9)6-14-11-5-10-3-4-12(11)16-10/h1-2,7,10-12,14-15H,3-6H2. The minimum Gasteiger partial charge on any atom is -0.506 e. The van der Waals surface area contributed by atoms with Crippen molar-refractivity contribution in [1.29, 1.82) is 0 Å². The van der Waals surface area contributed by atoms with Crippen molar-refractivity contribution in [1.82, 2.24) is 10.3 Å². The molecule has 3 heterocycles. The van der Waals surface area contributed by atoms with E-state index < -0.39 is 0 Å². The Morgan fingerprint density at radius 2 is 2.38 bits per heavy atom. The molecule has 3 unspecified atom stereocenters. The molecule has 1 aromatic heterocycles. The summed E-state index contributed by atoms with van der Waals surface area (Å²) in [5.74, 6) is 0.215. The topological polar surface area (TPSA) is 54.4 Å². The molecule has 2 aliphatic heterocycles. The molecule has 0 aromatic carbocycles. The second-order valence-corrected chi connectivity index (χ2v) is 4.60. The Bertz CT molecular complexity index is 366. The molecule has 2 fully saturated rings. The predicted molar refractivity (Wildman–Crippen MR) is 59.0 cm³/mol. The second-order valence-electron chi connectivity index (χ2n) is 4.60. The van der Waals surface area contributed by atoms with E-state index in [1.54, 1.807) is 6.07 Å². The fourth-order valence-electron chi connectivity index (χ4n) is 2.61. The van der Waals surface area contributed by atoms with Crippen molar-refractivity contribution >= 4 is 0 Å². The van der Waals surface area contributed by atoms with Crippen molar-refractivity contribution in [2.75, 3.05) is 0 Å². The highest BCUT2D eigenvalue weighted by molar-refractivity contribution is 5.17. The first-order chi connectivity index (χ1) is 7.81. The van der Waals surface area contributed by atoms with Gasteiger partial charge in [0.25, 0.3) is 0 Å². The number of ether oxygens (including phenoxy) is 1. The number of hydrogen-bond acceptors (Lipinski definition) is 4. The van der Waals surface area contributed by atoms with Crippen LogP contribution < -0.4 is 5.32 Å². The second kappa shape index (κ2) is 4.03. The number of pyridine rings is 1. The Hall–Kier alpha value is -1.13. The molecule has 2 bridgehead atoms. The highest BCUT2D eigenvalue weighted by Gasteiger charge is 2.40. The van der Waals surface area contributed by atoms with Crippen LogP contribution in [0.2, 0.25) is 0 Å². The number of aromatic hydroxyl groups is 1. The van der Waals surface area contributed by atoms with Gasteiger partial charge in [0.2, 0.25) is 0 Å². The lowest BCUT2D eigenvalue weighted by atomic mass is 9.95. The molecule has 2 N–H and O–H groups in total. The van der Waals surface area contributed by atoms with Crippen molar-refractivity contribution in [2.24, 2.45) is 0 Å². The smallest absolute Gasteiger partial charge is 0.133 e. The van der Waals surface area contributed by atoms with Crippen LogP contribution in [-0.2, 0) is 11.3 Å². The van der Waals surface area contributed by atoms with E-state index in [1.807, 2.05) is 6.07 Å². The summed E-state index contributed by atoms with van der Waals surface area (Å²) in [7, 11) is 0. The lowest BCUT2D eigenvalue weighted by Crippen LogP contribution is -2.37. The summed E-state index contributed by atoms with van der Waals surface area (Å²) in [6.45, 7) is 0.748. The molecule has 16 heavy (non-hydrogen) atoms. The number of nitrogens with one attached hydrogen (secondary N) is 1. The molecule has 0 radical (unpaired) electrons. The van der Waals surface area contributed by atoms with Crippen LogP contribution in [0.15, 0.2) is 18.3 Å². The molecule has 2 saturated heterocycles. The van der Waals surface area contributed by atoms with Crippen LogP contribution in [-0.4, -0.2) is 28.3 Å². The first-order valence-electron chi connectivity index (χ1n) is 5.84. The van der Waals surface area contributed by atoms with Gasteiger partial charge in [0.15, 0.2) is 0 Å². The minimum absolute atomic E-state index is 0.215. The third-order valence-electron chi connectivity index (χ3n) is 3.46. The van der Waals surface area contributed by atoms with Gasteiger partial charge in [-0.25, -0.2) is 0 Å². The van der Waals surface area contributed by atoms with Crippen LogP contribution >= 0.6 is 0 Å². The van der Waals surface area contributed by atoms with Crippen molar-refractivity contribution in [3.8, 4) is 5.75 Å². The van der Waals surface area contributed by atoms with Gasteiger partial charge in [-0.15, -0.1) is 0 Å². The predicted octanol–water partition coefficient (Wildman–Crippen LogP) is 1.20. The van der Waals surface area contributed by atoms with E-state index in [-0.39, 0.29) is 5.75 Å². The third-order valence-corrected chi connectivity index (χ3v) is 3.46. The molecule has 0 aliphatic carbocycles. The fourth-order valence-corrected chi connectivity index (χ4v) is 2.61. The van der Waals surface area contributed by atoms with E-state index in [0.29, 0.717) is 18.2 Å². The molecule has 0 amide bonds. The van der Waals surface area contributed by atoms with Gasteiger partial charge >= 0.3 is 0 Å². The van der Waals surface area contributed by atoms with Crippen molar-refractivity contribution in [3.63, 3.8) is 0 Å². The molecule has 3 atom stereocenters. The Morgan fingerprint density at radius 3 is 3.00 bits per heavy atom. The van der Waals surface area contributed by atoms with Gasteiger partial charge in [0, 0.05) is 12.6 Å². The Morgan fingerprint density at radius 1 is 1.44 bits per heavy atom. The quantitative estimate of drug-likeness (QED) is 0.803. The van der Waals surface area contributed by atoms with Gasteiger partial charge in [-0.05, 0) is 31.4 Å². The largest absolute Gasteiger partial charge is 0.506 e. The Balaban J connectivity index is 1.55. The first kappa shape index (κ1) is 10.1. The van der Waals surface area contributed by atoms with Crippen LogP contribution in [0.25, 0.3) is 0 Å². The molecule has 3 rings (SSSR count). The lowest BCUT2D eigenvalue weighted by molar-refractivity contribution is 0.0972. The third kappa shape index (κ3) is 1.90. The molecule has 1 aromatic rings. The van der Waals surface area contributed by atoms with E-state index >= 15 is 0 Å². The number of aromatic nitrogens is 1. The maximum atomic E-state index is 9.12. The molecule has 86 valence electrons. The van der Waals surface area contributed by atoms with E-state index in [2.05, 4.69) is 10.3 Å². The normalized spacial score (nSPS) is 32.1. The van der Waals surface area contributed by atoms with Gasteiger partial charge in [0.1, 0.15) is 5.75 Å². The highest BCUT2D eigenvalue weighted by atomic mass is 16.5. The monoisotopic (exact) mass is 220 g/mol. The average molecular weight is 220 g/mol. The maximum absolute atomic E-state index is 9.12. The van der Waals surface area contributed by atoms with Gasteiger partial charge in [-0.2, -0.15) is 0 Å². The number of fused-ring (bicyclic) bond motifs is 2. The maximum Gasteiger partial charge on any atom is 0.133 e. The molecular formula is C12H16N2O2. The van der Waals surface area contributed by atoms with E-state index in [9.17, 15) is 0 Å². The number of nitrogens with zero attached hydrogens (tertiary/aromatic N) is 1. The zero-order valence-corrected chi connectivity index (χ0v) is 9.10. The van der Waals surface area contributed by atoms with Crippen LogP contribution in [0.1, 0.15) is 25.0 Å². The van der Waals surface area contributed by atoms with E-state index in [1.165, 1.54) is 19.0 Å². The summed E-state index contributed by atoms with van der Waals surface area (Å²) in [5.41, 5.74) is 0.959. The Kier molecular flexibility index (Phi) is 2.53. The minimum atomic E-state index is 0.215. The molecule has 0 spiro atoms. The number of rotatable bonds is 3. The van der Waals surface area contributed by atoms with Gasteiger partial charge in [-0.1, -0.05) is 0 Å². The number of hydrogen-bond donors (Lipinski definition) is 2. The van der Waals surface area contributed by atoms with Crippen LogP contribution in [0, 0.1) is 0 Å². The van der Waals surface area contributed by atoms with Crippen LogP contribution in [0.5, 0.6) is 5.75 Å². The van der Waals surface area contributed by atoms with E-state index in [0.717, 1.165) is 18.7 Å². The first-order valence-corrected chi connectivity index (χ1v) is 5.84. The molecular weight excluding hydrogens is 204 g/mol. The summed E-state index contributed by atoms with van der Waals surface area (Å²) < 4.78 is 5.77. The lowest BCUT2D eigenvalue weighted by Gasteiger charge is -2.19. The Labute approximate surface area is 94.7 Å². The van der Waals surface area contributed by atoms with E-state index in [4.69, 9.17) is 9.84 Å². The summed E-state index contributed by atoms with van der Waals surface area (Å²) in [6, 6.07) is 3.99. The molecule has 4 heteroatoms. The summed E-state index contributed by atoms with van der Waals surface area (Å²) in [5, 5.41) is 12.6. The molecule has 2 aliphatic rings. The van der Waals surface area contributed by atoms with Gasteiger partial charge in [0.05, 0.1) is 24.1 Å². The van der Waals surface area contributed by atoms with Gasteiger partial charge in [-0.3, -0.25) is 4.98 Å². The van der Waals surface area contributed by atoms with Crippen molar-refractivity contribution in [2.45, 2.75) is 44.1 Å². The van der Waals surface area contributed by atoms with Crippen molar-refractivity contribution < 1.29 is 9.84 Å². The summed E-state index contributed by atoms with van der Waals surface area (Å²) in [4.78, 5) is 4.15. The van der Waals surface area contributed by atoms with Crippen LogP contribution in [0.4, 0.5) is 0 Å². The highest BCUT2D eigenvalue weighted by Crippen LogP contribution is 2.34. The molecule has 4 nitrogen and oxygen atoms in total. The zero-order valence-electron chi connectivity index (χ0n) is 9.10. The summed E-state index contributed by atoms with van der Waals surface area (Å²) >= 11 is 0. The summed E-state index contributed by atoms with van der Waals surface area (Å²) in [6.07, 6.45) is 5.90. The van der Waals surface area contributed by atoms with Gasteiger partial charge < -0.3 is 15.2 Å². The van der Waals surface area contributed by atoms with Crippen molar-refractivity contribution in [3.05, 3.63) is 24.0 Å². The van der Waals surface area contributed by atoms with Crippen LogP contribution in [0.3, 0.4) is 0 Å². The average Bonchev–Trinajstić information content (AvgIpc) is 2.90. The fraction of sp³-hybridized carbons (Fsp3) is 0.583.